The van der Waals surface area contributed by atoms with Gasteiger partial charge in [-0.15, -0.1) is 0 Å². The van der Waals surface area contributed by atoms with Crippen molar-refractivity contribution in [1.82, 2.24) is 9.05 Å². The van der Waals surface area contributed by atoms with E-state index in [0.29, 0.717) is 0 Å². The van der Waals surface area contributed by atoms with Crippen molar-refractivity contribution in [2.45, 2.75) is 150 Å². The van der Waals surface area contributed by atoms with Crippen molar-refractivity contribution >= 4 is 72.8 Å². The molecule has 0 saturated carbocycles. The van der Waals surface area contributed by atoms with Crippen LogP contribution in [0.5, 0.6) is 0 Å². The van der Waals surface area contributed by atoms with Crippen molar-refractivity contribution in [3.8, 4) is 16.8 Å². The average Bonchev–Trinajstić information content (AvgIpc) is 3.88. The van der Waals surface area contributed by atoms with Crippen LogP contribution in [0.25, 0.3) is 65.9 Å². The fourth-order valence-electron chi connectivity index (χ4n) is 12.7. The molecular formula is C67H72BN3. The molecule has 0 amide bonds. The van der Waals surface area contributed by atoms with Crippen LogP contribution in [0.1, 0.15) is 157 Å². The second-order valence-electron chi connectivity index (χ2n) is 27.2. The van der Waals surface area contributed by atoms with Crippen LogP contribution in [-0.2, 0) is 32.5 Å². The lowest BCUT2D eigenvalue weighted by molar-refractivity contribution is 0.586. The van der Waals surface area contributed by atoms with E-state index >= 15 is 0 Å². The van der Waals surface area contributed by atoms with Crippen molar-refractivity contribution in [1.29, 1.82) is 0 Å². The Bertz CT molecular complexity index is 3780. The third-order valence-corrected chi connectivity index (χ3v) is 16.8. The van der Waals surface area contributed by atoms with E-state index in [0.717, 1.165) is 0 Å². The van der Waals surface area contributed by atoms with Gasteiger partial charge in [0.15, 0.2) is 0 Å². The molecule has 4 heterocycles. The molecule has 0 radical (unpaired) electrons. The third kappa shape index (κ3) is 6.54. The Morgan fingerprint density at radius 1 is 0.437 bits per heavy atom. The van der Waals surface area contributed by atoms with Crippen LogP contribution in [0.2, 0.25) is 0 Å². The number of rotatable bonds is 2. The number of aromatic nitrogens is 2. The minimum atomic E-state index is -0.308. The van der Waals surface area contributed by atoms with Crippen LogP contribution in [0.15, 0.2) is 133 Å². The molecule has 0 saturated heterocycles. The predicted molar refractivity (Wildman–Crippen MR) is 308 cm³/mol. The number of hydrogen-bond acceptors (Lipinski definition) is 1. The molecule has 7 aromatic carbocycles. The first-order chi connectivity index (χ1) is 33.2. The van der Waals surface area contributed by atoms with E-state index in [9.17, 15) is 0 Å². The Balaban J connectivity index is 1.35. The van der Waals surface area contributed by atoms with E-state index in [1.54, 1.807) is 0 Å². The van der Waals surface area contributed by atoms with Crippen LogP contribution in [0.3, 0.4) is 0 Å². The highest BCUT2D eigenvalue weighted by atomic mass is 15.2. The maximum absolute atomic E-state index is 2.83. The fraction of sp³-hybridized carbons (Fsp3) is 0.343. The Hall–Kier alpha value is -6.26. The maximum atomic E-state index is 2.83. The summed E-state index contributed by atoms with van der Waals surface area (Å²) in [6.07, 6.45) is 0. The fourth-order valence-corrected chi connectivity index (χ4v) is 12.7. The summed E-state index contributed by atoms with van der Waals surface area (Å²) in [6.45, 7) is 40.3. The molecule has 0 N–H and O–H groups in total. The maximum Gasteiger partial charge on any atom is 0.333 e. The van der Waals surface area contributed by atoms with E-state index in [4.69, 9.17) is 0 Å². The minimum Gasteiger partial charge on any atom is -0.375 e. The Morgan fingerprint density at radius 3 is 1.58 bits per heavy atom. The molecule has 4 heteroatoms. The molecule has 1 aliphatic carbocycles. The molecule has 0 bridgehead atoms. The molecule has 3 aliphatic rings. The first-order valence-electron chi connectivity index (χ1n) is 26.3. The molecule has 0 spiro atoms. The zero-order valence-electron chi connectivity index (χ0n) is 45.5. The van der Waals surface area contributed by atoms with Gasteiger partial charge in [-0.1, -0.05) is 184 Å². The molecule has 12 rings (SSSR count). The molecule has 71 heavy (non-hydrogen) atoms. The number of nitrogens with zero attached hydrogens (tertiary/aromatic N) is 3. The Labute approximate surface area is 423 Å². The Morgan fingerprint density at radius 2 is 0.972 bits per heavy atom. The molecule has 2 aromatic heterocycles. The van der Waals surface area contributed by atoms with Gasteiger partial charge in [0.25, 0.3) is 0 Å². The number of benzene rings is 7. The van der Waals surface area contributed by atoms with Gasteiger partial charge >= 0.3 is 6.85 Å². The van der Waals surface area contributed by atoms with E-state index in [1.807, 2.05) is 0 Å². The standard InChI is InChI=1S/C67H72BN3/c1-62(2,3)39-23-28-45(29-24-39)70-55-37-43(66(13,14)15)36-50-57-56-49-35-42(65(10,11)12)26-31-52(49)69(44-21-19-18-20-22-44)54(56)38-47-46-33-41(64(7,8)9)27-32-53(46)71(60(47)57)68(58(50)55)59-48-34-40(63(4,5)6)25-30-51(48)67(16,17)61(59)70/h18-38H,1-17H3. The van der Waals surface area contributed by atoms with Crippen LogP contribution in [-0.4, -0.2) is 15.9 Å². The summed E-state index contributed by atoms with van der Waals surface area (Å²) in [5, 5.41) is 5.28. The van der Waals surface area contributed by atoms with Gasteiger partial charge in [-0.25, -0.2) is 0 Å². The topological polar surface area (TPSA) is 13.1 Å². The summed E-state index contributed by atoms with van der Waals surface area (Å²) in [4.78, 5) is 2.72. The highest BCUT2D eigenvalue weighted by molar-refractivity contribution is 6.93. The van der Waals surface area contributed by atoms with Crippen molar-refractivity contribution in [3.63, 3.8) is 0 Å². The zero-order valence-corrected chi connectivity index (χ0v) is 45.5. The smallest absolute Gasteiger partial charge is 0.333 e. The second kappa shape index (κ2) is 14.5. The third-order valence-electron chi connectivity index (χ3n) is 16.8. The molecule has 3 nitrogen and oxygen atoms in total. The number of anilines is 2. The quantitative estimate of drug-likeness (QED) is 0.157. The molecule has 358 valence electrons. The van der Waals surface area contributed by atoms with Gasteiger partial charge in [0.2, 0.25) is 0 Å². The highest BCUT2D eigenvalue weighted by Crippen LogP contribution is 2.59. The van der Waals surface area contributed by atoms with Crippen molar-refractivity contribution in [2.24, 2.45) is 0 Å². The van der Waals surface area contributed by atoms with Crippen molar-refractivity contribution in [3.05, 3.63) is 172 Å². The normalized spacial score (nSPS) is 15.7. The van der Waals surface area contributed by atoms with Gasteiger partial charge in [-0.3, -0.25) is 0 Å². The summed E-state index contributed by atoms with van der Waals surface area (Å²) in [7, 11) is 0. The molecular weight excluding hydrogens is 858 g/mol. The van der Waals surface area contributed by atoms with Crippen molar-refractivity contribution < 1.29 is 0 Å². The van der Waals surface area contributed by atoms with Crippen molar-refractivity contribution in [2.75, 3.05) is 4.90 Å². The average molecular weight is 930 g/mol. The van der Waals surface area contributed by atoms with Gasteiger partial charge in [0, 0.05) is 66.3 Å². The largest absolute Gasteiger partial charge is 0.375 e. The summed E-state index contributed by atoms with van der Waals surface area (Å²) < 4.78 is 5.39. The molecule has 0 unspecified atom stereocenters. The van der Waals surface area contributed by atoms with E-state index in [2.05, 4.69) is 259 Å². The van der Waals surface area contributed by atoms with Gasteiger partial charge in [-0.2, -0.15) is 0 Å². The molecule has 0 fully saturated rings. The van der Waals surface area contributed by atoms with Gasteiger partial charge in [0.1, 0.15) is 0 Å². The lowest BCUT2D eigenvalue weighted by Crippen LogP contribution is -2.50. The van der Waals surface area contributed by atoms with Crippen LogP contribution in [0, 0.1) is 0 Å². The Kier molecular flexibility index (Phi) is 9.34. The lowest BCUT2D eigenvalue weighted by atomic mass is 9.43. The van der Waals surface area contributed by atoms with Gasteiger partial charge in [0.05, 0.1) is 11.0 Å². The zero-order chi connectivity index (χ0) is 50.4. The highest BCUT2D eigenvalue weighted by Gasteiger charge is 2.53. The number of fused-ring (bicyclic) bond motifs is 12. The van der Waals surface area contributed by atoms with E-state index in [-0.39, 0.29) is 39.3 Å². The van der Waals surface area contributed by atoms with E-state index < -0.39 is 0 Å². The first kappa shape index (κ1) is 45.9. The summed E-state index contributed by atoms with van der Waals surface area (Å²) in [5.41, 5.74) is 24.8. The van der Waals surface area contributed by atoms with E-state index in [1.165, 1.54) is 127 Å². The summed E-state index contributed by atoms with van der Waals surface area (Å²) in [5.74, 6) is 0. The number of hydrogen-bond donors (Lipinski definition) is 0. The molecule has 9 aromatic rings. The number of para-hydroxylation sites is 1. The van der Waals surface area contributed by atoms with Crippen LogP contribution < -0.4 is 10.4 Å². The summed E-state index contributed by atoms with van der Waals surface area (Å²) >= 11 is 0. The monoisotopic (exact) mass is 930 g/mol. The SMILES string of the molecule is CC(C)(C)c1ccc(N2C3=C(B4c5c(cc(C(C)(C)C)cc52)-c2c5c6cc(C(C)(C)C)ccc6n(-c6ccccc6)c5cc5c6cc(C(C)(C)C)ccc6n4c25)c2cc(C(C)(C)C)ccc2C3(C)C)cc1. The van der Waals surface area contributed by atoms with Crippen LogP contribution >= 0.6 is 0 Å². The second-order valence-corrected chi connectivity index (χ2v) is 27.2. The summed E-state index contributed by atoms with van der Waals surface area (Å²) in [6, 6.07) is 50.7. The molecule has 2 aliphatic heterocycles. The molecule has 0 atom stereocenters. The number of allylic oxidation sites excluding steroid dienone is 1. The first-order valence-corrected chi connectivity index (χ1v) is 26.3. The lowest BCUT2D eigenvalue weighted by Gasteiger charge is -2.44. The van der Waals surface area contributed by atoms with Gasteiger partial charge < -0.3 is 13.9 Å². The predicted octanol–water partition coefficient (Wildman–Crippen LogP) is 17.5. The minimum absolute atomic E-state index is 0.0231. The van der Waals surface area contributed by atoms with Crippen LogP contribution in [0.4, 0.5) is 11.4 Å². The van der Waals surface area contributed by atoms with Gasteiger partial charge in [-0.05, 0) is 143 Å².